The molecule has 2 aromatic carbocycles. The van der Waals surface area contributed by atoms with Gasteiger partial charge in [0.05, 0.1) is 11.3 Å². The molecule has 1 aliphatic rings. The van der Waals surface area contributed by atoms with E-state index in [1.54, 1.807) is 24.4 Å². The zero-order chi connectivity index (χ0) is 17.7. The predicted octanol–water partition coefficient (Wildman–Crippen LogP) is 3.61. The molecule has 5 heteroatoms. The lowest BCUT2D eigenvalue weighted by Gasteiger charge is -2.28. The van der Waals surface area contributed by atoms with E-state index < -0.39 is 11.6 Å². The van der Waals surface area contributed by atoms with Gasteiger partial charge in [-0.2, -0.15) is 0 Å². The molecule has 0 saturated carbocycles. The number of rotatable bonds is 2. The van der Waals surface area contributed by atoms with Crippen LogP contribution in [0, 0.1) is 0 Å². The summed E-state index contributed by atoms with van der Waals surface area (Å²) in [6.07, 6.45) is 1.66. The van der Waals surface area contributed by atoms with Crippen LogP contribution in [0.2, 0.25) is 0 Å². The molecule has 0 fully saturated rings. The van der Waals surface area contributed by atoms with Crippen LogP contribution in [0.4, 0.5) is 5.69 Å². The Kier molecular flexibility index (Phi) is 2.94. The Bertz CT molecular complexity index is 1130. The number of carbonyl (C=O) groups is 1. The van der Waals surface area contributed by atoms with Crippen molar-refractivity contribution in [3.8, 4) is 0 Å². The average molecular weight is 341 g/mol. The molecule has 0 aliphatic carbocycles. The average Bonchev–Trinajstić information content (AvgIpc) is 3.23. The number of fused-ring (bicyclic) bond motifs is 2. The van der Waals surface area contributed by atoms with Crippen LogP contribution in [0.5, 0.6) is 0 Å². The Morgan fingerprint density at radius 3 is 2.65 bits per heavy atom. The van der Waals surface area contributed by atoms with Crippen molar-refractivity contribution in [2.75, 3.05) is 5.73 Å². The quantitative estimate of drug-likeness (QED) is 0.431. The monoisotopic (exact) mass is 341 g/mol. The summed E-state index contributed by atoms with van der Waals surface area (Å²) in [7, 11) is 0. The minimum atomic E-state index is -1.20. The van der Waals surface area contributed by atoms with E-state index >= 15 is 0 Å². The summed E-state index contributed by atoms with van der Waals surface area (Å²) in [5, 5.41) is 1.02. The van der Waals surface area contributed by atoms with Gasteiger partial charge in [-0.05, 0) is 35.7 Å². The number of H-pyrrole nitrogens is 1. The predicted molar refractivity (Wildman–Crippen MR) is 98.7 cm³/mol. The molecule has 0 bridgehead atoms. The molecular formula is C21H15N3O2. The highest BCUT2D eigenvalue weighted by atomic mass is 16.6. The first-order valence-corrected chi connectivity index (χ1v) is 8.32. The Morgan fingerprint density at radius 1 is 1.00 bits per heavy atom. The molecule has 5 nitrogen and oxygen atoms in total. The zero-order valence-electron chi connectivity index (χ0n) is 13.8. The number of aromatic nitrogens is 2. The van der Waals surface area contributed by atoms with E-state index in [2.05, 4.69) is 9.97 Å². The van der Waals surface area contributed by atoms with Gasteiger partial charge in [0.1, 0.15) is 5.69 Å². The van der Waals surface area contributed by atoms with Crippen molar-refractivity contribution in [3.63, 3.8) is 0 Å². The molecule has 5 rings (SSSR count). The van der Waals surface area contributed by atoms with Gasteiger partial charge < -0.3 is 15.5 Å². The van der Waals surface area contributed by atoms with Gasteiger partial charge in [0.25, 0.3) is 0 Å². The largest absolute Gasteiger partial charge is 0.437 e. The lowest BCUT2D eigenvalue weighted by atomic mass is 9.85. The standard InChI is InChI=1S/C21H15N3O2/c22-16-9-3-2-8-15(16)21(18-12-13-6-1-4-10-17(13)24-18)19-14(20(25)26-21)7-5-11-23-19/h1-12,24H,22H2. The number of nitrogen functional groups attached to an aromatic ring is 1. The highest BCUT2D eigenvalue weighted by molar-refractivity contribution is 5.96. The third-order valence-electron chi connectivity index (χ3n) is 4.86. The van der Waals surface area contributed by atoms with Crippen LogP contribution in [0.25, 0.3) is 10.9 Å². The van der Waals surface area contributed by atoms with Crippen molar-refractivity contribution in [2.45, 2.75) is 5.60 Å². The van der Waals surface area contributed by atoms with E-state index in [0.29, 0.717) is 22.5 Å². The number of nitrogens with two attached hydrogens (primary N) is 1. The Labute approximate surface area is 149 Å². The fraction of sp³-hybridized carbons (Fsp3) is 0.0476. The number of ether oxygens (including phenoxy) is 1. The molecule has 3 N–H and O–H groups in total. The van der Waals surface area contributed by atoms with Gasteiger partial charge in [-0.25, -0.2) is 4.79 Å². The molecule has 0 amide bonds. The van der Waals surface area contributed by atoms with Gasteiger partial charge in [-0.15, -0.1) is 0 Å². The number of benzene rings is 2. The van der Waals surface area contributed by atoms with E-state index in [1.165, 1.54) is 0 Å². The maximum Gasteiger partial charge on any atom is 0.341 e. The first-order chi connectivity index (χ1) is 12.7. The Balaban J connectivity index is 1.89. The summed E-state index contributed by atoms with van der Waals surface area (Å²) in [5.41, 5.74) is 9.01. The number of para-hydroxylation sites is 2. The highest BCUT2D eigenvalue weighted by Crippen LogP contribution is 2.47. The first kappa shape index (κ1) is 14.7. The second kappa shape index (κ2) is 5.20. The van der Waals surface area contributed by atoms with Crippen LogP contribution < -0.4 is 5.73 Å². The molecule has 126 valence electrons. The number of anilines is 1. The van der Waals surface area contributed by atoms with E-state index in [9.17, 15) is 4.79 Å². The van der Waals surface area contributed by atoms with Gasteiger partial charge in [-0.3, -0.25) is 4.98 Å². The van der Waals surface area contributed by atoms with Crippen LogP contribution in [0.1, 0.15) is 27.3 Å². The zero-order valence-corrected chi connectivity index (χ0v) is 13.8. The fourth-order valence-electron chi connectivity index (χ4n) is 3.68. The summed E-state index contributed by atoms with van der Waals surface area (Å²) in [5.74, 6) is -0.407. The second-order valence-corrected chi connectivity index (χ2v) is 6.33. The summed E-state index contributed by atoms with van der Waals surface area (Å²) in [4.78, 5) is 20.5. The van der Waals surface area contributed by atoms with Crippen molar-refractivity contribution in [1.82, 2.24) is 9.97 Å². The third-order valence-corrected chi connectivity index (χ3v) is 4.86. The molecule has 3 heterocycles. The number of nitrogens with one attached hydrogen (secondary N) is 1. The molecule has 1 atom stereocenters. The highest BCUT2D eigenvalue weighted by Gasteiger charge is 2.51. The number of hydrogen-bond donors (Lipinski definition) is 2. The molecular weight excluding hydrogens is 326 g/mol. The molecule has 4 aromatic rings. The minimum Gasteiger partial charge on any atom is -0.437 e. The van der Waals surface area contributed by atoms with Crippen molar-refractivity contribution in [3.05, 3.63) is 95.4 Å². The molecule has 0 saturated heterocycles. The van der Waals surface area contributed by atoms with Crippen molar-refractivity contribution in [2.24, 2.45) is 0 Å². The molecule has 0 spiro atoms. The number of nitrogens with zero attached hydrogens (tertiary/aromatic N) is 1. The molecule has 0 radical (unpaired) electrons. The lowest BCUT2D eigenvalue weighted by molar-refractivity contribution is 0.0235. The normalized spacial score (nSPS) is 18.7. The van der Waals surface area contributed by atoms with Crippen LogP contribution in [-0.4, -0.2) is 15.9 Å². The summed E-state index contributed by atoms with van der Waals surface area (Å²) in [6, 6.07) is 20.8. The van der Waals surface area contributed by atoms with Crippen molar-refractivity contribution in [1.29, 1.82) is 0 Å². The van der Waals surface area contributed by atoms with Gasteiger partial charge in [-0.1, -0.05) is 36.4 Å². The van der Waals surface area contributed by atoms with Crippen LogP contribution >= 0.6 is 0 Å². The van der Waals surface area contributed by atoms with E-state index in [4.69, 9.17) is 10.5 Å². The Morgan fingerprint density at radius 2 is 1.81 bits per heavy atom. The summed E-state index contributed by atoms with van der Waals surface area (Å²) >= 11 is 0. The number of hydrogen-bond acceptors (Lipinski definition) is 4. The number of carbonyl (C=O) groups excluding carboxylic acids is 1. The number of aromatic amines is 1. The van der Waals surface area contributed by atoms with Crippen LogP contribution in [0.3, 0.4) is 0 Å². The van der Waals surface area contributed by atoms with Crippen molar-refractivity contribution >= 4 is 22.6 Å². The molecule has 26 heavy (non-hydrogen) atoms. The SMILES string of the molecule is Nc1ccccc1C1(c2cc3ccccc3[nH]2)OC(=O)c2cccnc21. The molecule has 1 unspecified atom stereocenters. The van der Waals surface area contributed by atoms with E-state index in [1.807, 2.05) is 48.5 Å². The Hall–Kier alpha value is -3.60. The number of esters is 1. The lowest BCUT2D eigenvalue weighted by Crippen LogP contribution is -2.31. The van der Waals surface area contributed by atoms with Gasteiger partial charge in [0.2, 0.25) is 5.60 Å². The van der Waals surface area contributed by atoms with Gasteiger partial charge in [0, 0.05) is 23.0 Å². The second-order valence-electron chi connectivity index (χ2n) is 6.33. The first-order valence-electron chi connectivity index (χ1n) is 8.32. The van der Waals surface area contributed by atoms with Crippen LogP contribution in [-0.2, 0) is 10.3 Å². The topological polar surface area (TPSA) is 81.0 Å². The maximum atomic E-state index is 12.6. The maximum absolute atomic E-state index is 12.6. The smallest absolute Gasteiger partial charge is 0.341 e. The third kappa shape index (κ3) is 1.85. The van der Waals surface area contributed by atoms with E-state index in [-0.39, 0.29) is 0 Å². The minimum absolute atomic E-state index is 0.407. The number of pyridine rings is 1. The van der Waals surface area contributed by atoms with E-state index in [0.717, 1.165) is 16.6 Å². The molecule has 1 aliphatic heterocycles. The fourth-order valence-corrected chi connectivity index (χ4v) is 3.68. The van der Waals surface area contributed by atoms with Gasteiger partial charge >= 0.3 is 5.97 Å². The van der Waals surface area contributed by atoms with Crippen LogP contribution in [0.15, 0.2) is 72.9 Å². The molecule has 2 aromatic heterocycles. The van der Waals surface area contributed by atoms with Gasteiger partial charge in [0.15, 0.2) is 0 Å². The summed E-state index contributed by atoms with van der Waals surface area (Å²) in [6.45, 7) is 0. The summed E-state index contributed by atoms with van der Waals surface area (Å²) < 4.78 is 5.99. The number of cyclic esters (lactones) is 1. The van der Waals surface area contributed by atoms with Crippen molar-refractivity contribution < 1.29 is 9.53 Å².